The molecule has 2 N–H and O–H groups in total. The standard InChI is InChI=1S/C9H19NO2/c1-2-5-11-6-3-9(10)4-7-12-8-9/h2-8,10H2,1H3. The quantitative estimate of drug-likeness (QED) is 0.629. The zero-order valence-corrected chi connectivity index (χ0v) is 7.84. The highest BCUT2D eigenvalue weighted by Gasteiger charge is 2.29. The molecule has 1 aliphatic heterocycles. The summed E-state index contributed by atoms with van der Waals surface area (Å²) in [5.41, 5.74) is 5.93. The van der Waals surface area contributed by atoms with E-state index in [1.807, 2.05) is 0 Å². The van der Waals surface area contributed by atoms with E-state index in [0.717, 1.165) is 39.1 Å². The number of hydrogen-bond donors (Lipinski definition) is 1. The first-order valence-corrected chi connectivity index (χ1v) is 4.71. The molecule has 1 saturated heterocycles. The van der Waals surface area contributed by atoms with Gasteiger partial charge in [0.25, 0.3) is 0 Å². The Labute approximate surface area is 74.2 Å². The van der Waals surface area contributed by atoms with Crippen LogP contribution in [-0.4, -0.2) is 32.0 Å². The lowest BCUT2D eigenvalue weighted by Gasteiger charge is -2.20. The van der Waals surface area contributed by atoms with E-state index in [0.29, 0.717) is 6.61 Å². The normalized spacial score (nSPS) is 29.5. The van der Waals surface area contributed by atoms with Crippen molar-refractivity contribution in [3.05, 3.63) is 0 Å². The predicted molar refractivity (Wildman–Crippen MR) is 48.1 cm³/mol. The molecule has 0 radical (unpaired) electrons. The summed E-state index contributed by atoms with van der Waals surface area (Å²) < 4.78 is 10.6. The van der Waals surface area contributed by atoms with E-state index in [-0.39, 0.29) is 5.54 Å². The maximum atomic E-state index is 6.04. The second-order valence-corrected chi connectivity index (χ2v) is 3.53. The molecule has 0 spiro atoms. The SMILES string of the molecule is CCCOCCC1(N)CCOC1. The highest BCUT2D eigenvalue weighted by molar-refractivity contribution is 4.87. The van der Waals surface area contributed by atoms with Gasteiger partial charge in [-0.3, -0.25) is 0 Å². The average molecular weight is 173 g/mol. The fourth-order valence-electron chi connectivity index (χ4n) is 1.34. The van der Waals surface area contributed by atoms with E-state index in [2.05, 4.69) is 6.92 Å². The van der Waals surface area contributed by atoms with Crippen LogP contribution in [0.1, 0.15) is 26.2 Å². The molecule has 3 heteroatoms. The Morgan fingerprint density at radius 2 is 2.33 bits per heavy atom. The molecular weight excluding hydrogens is 154 g/mol. The highest BCUT2D eigenvalue weighted by atomic mass is 16.5. The largest absolute Gasteiger partial charge is 0.381 e. The van der Waals surface area contributed by atoms with E-state index < -0.39 is 0 Å². The van der Waals surface area contributed by atoms with Crippen molar-refractivity contribution in [2.45, 2.75) is 31.7 Å². The molecule has 1 heterocycles. The fourth-order valence-corrected chi connectivity index (χ4v) is 1.34. The minimum atomic E-state index is -0.103. The number of ether oxygens (including phenoxy) is 2. The molecule has 1 fully saturated rings. The molecule has 0 aromatic heterocycles. The van der Waals surface area contributed by atoms with Gasteiger partial charge in [-0.1, -0.05) is 6.92 Å². The molecule has 3 nitrogen and oxygen atoms in total. The number of rotatable bonds is 5. The van der Waals surface area contributed by atoms with Crippen molar-refractivity contribution in [1.82, 2.24) is 0 Å². The molecule has 0 amide bonds. The van der Waals surface area contributed by atoms with Gasteiger partial charge in [0.2, 0.25) is 0 Å². The average Bonchev–Trinajstić information content (AvgIpc) is 2.47. The molecular formula is C9H19NO2. The van der Waals surface area contributed by atoms with Crippen LogP contribution in [0.3, 0.4) is 0 Å². The summed E-state index contributed by atoms with van der Waals surface area (Å²) in [5.74, 6) is 0. The van der Waals surface area contributed by atoms with Gasteiger partial charge in [0.05, 0.1) is 6.61 Å². The molecule has 1 atom stereocenters. The Bertz CT molecular complexity index is 122. The van der Waals surface area contributed by atoms with E-state index in [1.54, 1.807) is 0 Å². The van der Waals surface area contributed by atoms with Gasteiger partial charge in [-0.05, 0) is 19.3 Å². The van der Waals surface area contributed by atoms with Crippen LogP contribution in [0.5, 0.6) is 0 Å². The van der Waals surface area contributed by atoms with E-state index in [1.165, 1.54) is 0 Å². The Morgan fingerprint density at radius 3 is 2.92 bits per heavy atom. The van der Waals surface area contributed by atoms with Gasteiger partial charge in [0, 0.05) is 25.4 Å². The van der Waals surface area contributed by atoms with Crippen LogP contribution in [0.2, 0.25) is 0 Å². The second-order valence-electron chi connectivity index (χ2n) is 3.53. The van der Waals surface area contributed by atoms with Gasteiger partial charge in [0.15, 0.2) is 0 Å². The summed E-state index contributed by atoms with van der Waals surface area (Å²) >= 11 is 0. The Balaban J connectivity index is 2.05. The van der Waals surface area contributed by atoms with Crippen LogP contribution in [0.15, 0.2) is 0 Å². The zero-order valence-electron chi connectivity index (χ0n) is 7.84. The lowest BCUT2D eigenvalue weighted by Crippen LogP contribution is -2.41. The monoisotopic (exact) mass is 173 g/mol. The van der Waals surface area contributed by atoms with Crippen molar-refractivity contribution < 1.29 is 9.47 Å². The smallest absolute Gasteiger partial charge is 0.0647 e. The maximum Gasteiger partial charge on any atom is 0.0647 e. The van der Waals surface area contributed by atoms with E-state index in [9.17, 15) is 0 Å². The Hall–Kier alpha value is -0.120. The molecule has 0 saturated carbocycles. The molecule has 0 aromatic rings. The minimum absolute atomic E-state index is 0.103. The summed E-state index contributed by atoms with van der Waals surface area (Å²) in [6, 6.07) is 0. The first kappa shape index (κ1) is 9.96. The van der Waals surface area contributed by atoms with E-state index >= 15 is 0 Å². The molecule has 1 unspecified atom stereocenters. The van der Waals surface area contributed by atoms with Crippen LogP contribution in [0.4, 0.5) is 0 Å². The van der Waals surface area contributed by atoms with Gasteiger partial charge in [0.1, 0.15) is 0 Å². The van der Waals surface area contributed by atoms with Gasteiger partial charge >= 0.3 is 0 Å². The van der Waals surface area contributed by atoms with Crippen molar-refractivity contribution in [2.24, 2.45) is 5.73 Å². The van der Waals surface area contributed by atoms with Crippen molar-refractivity contribution in [3.8, 4) is 0 Å². The van der Waals surface area contributed by atoms with Crippen LogP contribution >= 0.6 is 0 Å². The molecule has 1 rings (SSSR count). The number of hydrogen-bond acceptors (Lipinski definition) is 3. The molecule has 12 heavy (non-hydrogen) atoms. The predicted octanol–water partition coefficient (Wildman–Crippen LogP) is 0.921. The Kier molecular flexibility index (Phi) is 3.98. The second kappa shape index (κ2) is 4.80. The third-order valence-electron chi connectivity index (χ3n) is 2.23. The summed E-state index contributed by atoms with van der Waals surface area (Å²) in [6.07, 6.45) is 2.98. The van der Waals surface area contributed by atoms with Crippen molar-refractivity contribution in [2.75, 3.05) is 26.4 Å². The molecule has 1 aliphatic rings. The topological polar surface area (TPSA) is 44.5 Å². The third kappa shape index (κ3) is 3.09. The molecule has 72 valence electrons. The van der Waals surface area contributed by atoms with Gasteiger partial charge < -0.3 is 15.2 Å². The van der Waals surface area contributed by atoms with Crippen LogP contribution in [0, 0.1) is 0 Å². The maximum absolute atomic E-state index is 6.04. The Morgan fingerprint density at radius 1 is 1.50 bits per heavy atom. The summed E-state index contributed by atoms with van der Waals surface area (Å²) in [6.45, 7) is 5.23. The van der Waals surface area contributed by atoms with Crippen molar-refractivity contribution in [1.29, 1.82) is 0 Å². The van der Waals surface area contributed by atoms with Gasteiger partial charge in [-0.15, -0.1) is 0 Å². The summed E-state index contributed by atoms with van der Waals surface area (Å²) in [5, 5.41) is 0. The first-order chi connectivity index (χ1) is 5.77. The third-order valence-corrected chi connectivity index (χ3v) is 2.23. The molecule has 0 bridgehead atoms. The lowest BCUT2D eigenvalue weighted by atomic mass is 9.97. The summed E-state index contributed by atoms with van der Waals surface area (Å²) in [4.78, 5) is 0. The van der Waals surface area contributed by atoms with Crippen molar-refractivity contribution >= 4 is 0 Å². The van der Waals surface area contributed by atoms with Gasteiger partial charge in [-0.25, -0.2) is 0 Å². The van der Waals surface area contributed by atoms with Crippen LogP contribution in [0.25, 0.3) is 0 Å². The molecule has 0 aliphatic carbocycles. The number of nitrogens with two attached hydrogens (primary N) is 1. The first-order valence-electron chi connectivity index (χ1n) is 4.71. The summed E-state index contributed by atoms with van der Waals surface area (Å²) in [7, 11) is 0. The zero-order chi connectivity index (χ0) is 8.86. The lowest BCUT2D eigenvalue weighted by molar-refractivity contribution is 0.107. The minimum Gasteiger partial charge on any atom is -0.381 e. The highest BCUT2D eigenvalue weighted by Crippen LogP contribution is 2.18. The fraction of sp³-hybridized carbons (Fsp3) is 1.00. The van der Waals surface area contributed by atoms with E-state index in [4.69, 9.17) is 15.2 Å². The van der Waals surface area contributed by atoms with Crippen LogP contribution < -0.4 is 5.73 Å². The van der Waals surface area contributed by atoms with Crippen LogP contribution in [-0.2, 0) is 9.47 Å². The van der Waals surface area contributed by atoms with Gasteiger partial charge in [-0.2, -0.15) is 0 Å². The molecule has 0 aromatic carbocycles. The van der Waals surface area contributed by atoms with Crippen molar-refractivity contribution in [3.63, 3.8) is 0 Å².